The molecule has 2 fully saturated rings. The van der Waals surface area contributed by atoms with Crippen LogP contribution in [0.5, 0.6) is 0 Å². The lowest BCUT2D eigenvalue weighted by molar-refractivity contribution is -0.128. The average Bonchev–Trinajstić information content (AvgIpc) is 2.70. The first-order valence-corrected chi connectivity index (χ1v) is 8.47. The topological polar surface area (TPSA) is 41.6 Å². The summed E-state index contributed by atoms with van der Waals surface area (Å²) < 4.78 is 5.90. The van der Waals surface area contributed by atoms with E-state index in [1.54, 1.807) is 0 Å². The molecular weight excluding hydrogens is 276 g/mol. The number of nitrogens with zero attached hydrogens (tertiary/aromatic N) is 1. The van der Waals surface area contributed by atoms with Gasteiger partial charge in [0.1, 0.15) is 0 Å². The molecule has 0 aromatic heterocycles. The number of amides is 1. The molecule has 4 heteroatoms. The van der Waals surface area contributed by atoms with Gasteiger partial charge in [-0.05, 0) is 24.8 Å². The number of ether oxygens (including phenoxy) is 1. The number of benzene rings is 1. The van der Waals surface area contributed by atoms with E-state index >= 15 is 0 Å². The second kappa shape index (κ2) is 7.75. The van der Waals surface area contributed by atoms with Gasteiger partial charge in [-0.15, -0.1) is 0 Å². The zero-order valence-electron chi connectivity index (χ0n) is 13.2. The Bertz CT molecular complexity index is 473. The third kappa shape index (κ3) is 4.31. The van der Waals surface area contributed by atoms with Crippen LogP contribution in [0.2, 0.25) is 0 Å². The van der Waals surface area contributed by atoms with Crippen molar-refractivity contribution in [3.05, 3.63) is 35.9 Å². The highest BCUT2D eigenvalue weighted by atomic mass is 16.5. The maximum absolute atomic E-state index is 11.9. The van der Waals surface area contributed by atoms with E-state index in [2.05, 4.69) is 34.5 Å². The molecule has 1 saturated carbocycles. The third-order valence-corrected chi connectivity index (χ3v) is 4.66. The second-order valence-electron chi connectivity index (χ2n) is 6.44. The summed E-state index contributed by atoms with van der Waals surface area (Å²) in [6.07, 6.45) is 4.47. The molecule has 22 heavy (non-hydrogen) atoms. The molecule has 0 spiro atoms. The van der Waals surface area contributed by atoms with Crippen LogP contribution in [0.4, 0.5) is 0 Å². The Kier molecular flexibility index (Phi) is 5.46. The average molecular weight is 302 g/mol. The molecule has 1 heterocycles. The van der Waals surface area contributed by atoms with Gasteiger partial charge in [-0.25, -0.2) is 0 Å². The van der Waals surface area contributed by atoms with Crippen LogP contribution in [0.3, 0.4) is 0 Å². The smallest absolute Gasteiger partial charge is 0.223 e. The first-order valence-electron chi connectivity index (χ1n) is 8.47. The SMILES string of the molecule is O=C(NC[C@H]1CN(Cc2ccccc2)CCCO1)C1CCC1. The molecule has 3 rings (SSSR count). The number of nitrogens with one attached hydrogen (secondary N) is 1. The quantitative estimate of drug-likeness (QED) is 0.906. The lowest BCUT2D eigenvalue weighted by Gasteiger charge is -2.27. The Morgan fingerprint density at radius 3 is 2.77 bits per heavy atom. The molecule has 0 unspecified atom stereocenters. The van der Waals surface area contributed by atoms with E-state index in [1.807, 2.05) is 6.07 Å². The van der Waals surface area contributed by atoms with Gasteiger partial charge in [0.25, 0.3) is 0 Å². The molecule has 4 nitrogen and oxygen atoms in total. The number of hydrogen-bond donors (Lipinski definition) is 1. The lowest BCUT2D eigenvalue weighted by atomic mass is 9.85. The highest BCUT2D eigenvalue weighted by molar-refractivity contribution is 5.79. The number of rotatable bonds is 5. The van der Waals surface area contributed by atoms with Gasteiger partial charge < -0.3 is 10.1 Å². The molecule has 1 amide bonds. The van der Waals surface area contributed by atoms with Crippen molar-refractivity contribution in [3.8, 4) is 0 Å². The van der Waals surface area contributed by atoms with E-state index in [0.29, 0.717) is 6.54 Å². The van der Waals surface area contributed by atoms with Crippen molar-refractivity contribution in [2.45, 2.75) is 38.3 Å². The van der Waals surface area contributed by atoms with Gasteiger partial charge in [0.2, 0.25) is 5.91 Å². The van der Waals surface area contributed by atoms with Crippen LogP contribution >= 0.6 is 0 Å². The van der Waals surface area contributed by atoms with Crippen LogP contribution in [0.15, 0.2) is 30.3 Å². The van der Waals surface area contributed by atoms with Crippen molar-refractivity contribution < 1.29 is 9.53 Å². The fourth-order valence-corrected chi connectivity index (χ4v) is 3.11. The Morgan fingerprint density at radius 2 is 2.05 bits per heavy atom. The minimum atomic E-state index is 0.107. The monoisotopic (exact) mass is 302 g/mol. The summed E-state index contributed by atoms with van der Waals surface area (Å²) in [5.41, 5.74) is 1.33. The van der Waals surface area contributed by atoms with Crippen molar-refractivity contribution in [1.82, 2.24) is 10.2 Å². The minimum Gasteiger partial charge on any atom is -0.375 e. The van der Waals surface area contributed by atoms with Crippen LogP contribution in [0, 0.1) is 5.92 Å². The van der Waals surface area contributed by atoms with E-state index in [9.17, 15) is 4.79 Å². The Morgan fingerprint density at radius 1 is 1.23 bits per heavy atom. The van der Waals surface area contributed by atoms with E-state index < -0.39 is 0 Å². The van der Waals surface area contributed by atoms with Crippen LogP contribution in [-0.4, -0.2) is 43.2 Å². The van der Waals surface area contributed by atoms with E-state index in [1.165, 1.54) is 12.0 Å². The van der Waals surface area contributed by atoms with Crippen LogP contribution < -0.4 is 5.32 Å². The first-order chi connectivity index (χ1) is 10.8. The summed E-state index contributed by atoms with van der Waals surface area (Å²) in [4.78, 5) is 14.4. The first kappa shape index (κ1) is 15.5. The third-order valence-electron chi connectivity index (χ3n) is 4.66. The molecule has 120 valence electrons. The van der Waals surface area contributed by atoms with Crippen molar-refractivity contribution in [3.63, 3.8) is 0 Å². The van der Waals surface area contributed by atoms with Crippen LogP contribution in [0.1, 0.15) is 31.2 Å². The van der Waals surface area contributed by atoms with Crippen LogP contribution in [-0.2, 0) is 16.1 Å². The van der Waals surface area contributed by atoms with Gasteiger partial charge in [-0.3, -0.25) is 9.69 Å². The van der Waals surface area contributed by atoms with E-state index in [-0.39, 0.29) is 17.9 Å². The molecule has 1 aromatic rings. The molecule has 1 saturated heterocycles. The molecule has 0 radical (unpaired) electrons. The van der Waals surface area contributed by atoms with Crippen molar-refractivity contribution >= 4 is 5.91 Å². The van der Waals surface area contributed by atoms with Gasteiger partial charge in [0.05, 0.1) is 6.10 Å². The fourth-order valence-electron chi connectivity index (χ4n) is 3.11. The number of hydrogen-bond acceptors (Lipinski definition) is 3. The zero-order valence-corrected chi connectivity index (χ0v) is 13.2. The molecule has 1 atom stereocenters. The summed E-state index contributed by atoms with van der Waals surface area (Å²) in [6.45, 7) is 4.33. The molecule has 0 bridgehead atoms. The van der Waals surface area contributed by atoms with Gasteiger partial charge in [0, 0.05) is 38.7 Å². The van der Waals surface area contributed by atoms with E-state index in [0.717, 1.165) is 45.5 Å². The maximum atomic E-state index is 11.9. The summed E-state index contributed by atoms with van der Waals surface area (Å²) >= 11 is 0. The normalized spacial score (nSPS) is 23.5. The molecule has 1 aliphatic carbocycles. The molecule has 1 aliphatic heterocycles. The molecule has 1 aromatic carbocycles. The van der Waals surface area contributed by atoms with Crippen molar-refractivity contribution in [1.29, 1.82) is 0 Å². The minimum absolute atomic E-state index is 0.107. The Hall–Kier alpha value is -1.39. The summed E-state index contributed by atoms with van der Waals surface area (Å²) in [5.74, 6) is 0.472. The van der Waals surface area contributed by atoms with Crippen molar-refractivity contribution in [2.75, 3.05) is 26.2 Å². The van der Waals surface area contributed by atoms with Gasteiger partial charge in [-0.2, -0.15) is 0 Å². The number of carbonyl (C=O) groups excluding carboxylic acids is 1. The Labute approximate surface area is 132 Å². The predicted octanol–water partition coefficient (Wildman–Crippen LogP) is 2.19. The number of carbonyl (C=O) groups is 1. The lowest BCUT2D eigenvalue weighted by Crippen LogP contribution is -2.43. The largest absolute Gasteiger partial charge is 0.375 e. The Balaban J connectivity index is 1.48. The molecule has 2 aliphatic rings. The fraction of sp³-hybridized carbons (Fsp3) is 0.611. The van der Waals surface area contributed by atoms with Gasteiger partial charge in [-0.1, -0.05) is 36.8 Å². The van der Waals surface area contributed by atoms with Gasteiger partial charge >= 0.3 is 0 Å². The zero-order chi connectivity index (χ0) is 15.2. The summed E-state index contributed by atoms with van der Waals surface area (Å²) in [5, 5.41) is 3.08. The second-order valence-corrected chi connectivity index (χ2v) is 6.44. The van der Waals surface area contributed by atoms with Gasteiger partial charge in [0.15, 0.2) is 0 Å². The summed E-state index contributed by atoms with van der Waals surface area (Å²) in [6, 6.07) is 10.5. The summed E-state index contributed by atoms with van der Waals surface area (Å²) in [7, 11) is 0. The van der Waals surface area contributed by atoms with Crippen LogP contribution in [0.25, 0.3) is 0 Å². The molecule has 1 N–H and O–H groups in total. The predicted molar refractivity (Wildman–Crippen MR) is 86.4 cm³/mol. The molecular formula is C18H26N2O2. The highest BCUT2D eigenvalue weighted by Gasteiger charge is 2.26. The van der Waals surface area contributed by atoms with Crippen molar-refractivity contribution in [2.24, 2.45) is 5.92 Å². The standard InChI is InChI=1S/C18H26N2O2/c21-18(16-8-4-9-16)19-12-17-14-20(10-5-11-22-17)13-15-6-2-1-3-7-15/h1-3,6-7,16-17H,4-5,8-14H2,(H,19,21)/t17-/m0/s1. The maximum Gasteiger partial charge on any atom is 0.223 e. The highest BCUT2D eigenvalue weighted by Crippen LogP contribution is 2.26. The van der Waals surface area contributed by atoms with E-state index in [4.69, 9.17) is 4.74 Å².